The molecule has 0 aromatic heterocycles. The van der Waals surface area contributed by atoms with Gasteiger partial charge in [0.1, 0.15) is 11.2 Å². The normalized spacial score (nSPS) is 19.3. The average molecular weight is 393 g/mol. The molecule has 2 aliphatic rings. The maximum atomic E-state index is 11.5. The molecule has 2 saturated carbocycles. The summed E-state index contributed by atoms with van der Waals surface area (Å²) in [5.41, 5.74) is 0.680. The van der Waals surface area contributed by atoms with Crippen LogP contribution in [0.25, 0.3) is 0 Å². The van der Waals surface area contributed by atoms with Gasteiger partial charge in [-0.2, -0.15) is 0 Å². The number of esters is 2. The molecule has 0 N–H and O–H groups in total. The number of carbonyl (C=O) groups is 2. The lowest BCUT2D eigenvalue weighted by Crippen LogP contribution is -2.32. The molecule has 0 aromatic carbocycles. The van der Waals surface area contributed by atoms with Gasteiger partial charge in [0.2, 0.25) is 0 Å². The van der Waals surface area contributed by atoms with Gasteiger partial charge in [0.15, 0.2) is 0 Å². The number of ether oxygens (including phenoxy) is 2. The van der Waals surface area contributed by atoms with Crippen LogP contribution in [0.2, 0.25) is 0 Å². The summed E-state index contributed by atoms with van der Waals surface area (Å²) in [6, 6.07) is 0. The van der Waals surface area contributed by atoms with Crippen LogP contribution in [0.3, 0.4) is 0 Å². The fourth-order valence-corrected chi connectivity index (χ4v) is 4.04. The van der Waals surface area contributed by atoms with Gasteiger partial charge in [-0.1, -0.05) is 33.4 Å². The molecule has 2 fully saturated rings. The number of hydrogen-bond acceptors (Lipinski definition) is 4. The molecular formula is C24H40O4. The van der Waals surface area contributed by atoms with E-state index < -0.39 is 0 Å². The van der Waals surface area contributed by atoms with E-state index in [1.54, 1.807) is 13.8 Å². The largest absolute Gasteiger partial charge is 0.456 e. The molecule has 0 spiro atoms. The van der Waals surface area contributed by atoms with Gasteiger partial charge in [0, 0.05) is 11.1 Å². The monoisotopic (exact) mass is 392 g/mol. The van der Waals surface area contributed by atoms with Crippen molar-refractivity contribution in [1.29, 1.82) is 0 Å². The zero-order valence-electron chi connectivity index (χ0n) is 18.5. The van der Waals surface area contributed by atoms with E-state index in [1.165, 1.54) is 25.7 Å². The first-order valence-electron chi connectivity index (χ1n) is 11.0. The Labute approximate surface area is 171 Å². The number of carbonyl (C=O) groups excluding carboxylic acids is 2. The first-order valence-corrected chi connectivity index (χ1v) is 11.0. The van der Waals surface area contributed by atoms with Crippen molar-refractivity contribution >= 4 is 11.9 Å². The van der Waals surface area contributed by atoms with Crippen LogP contribution in [0.15, 0.2) is 24.3 Å². The summed E-state index contributed by atoms with van der Waals surface area (Å²) in [6.07, 6.45) is 13.1. The van der Waals surface area contributed by atoms with E-state index in [1.807, 2.05) is 0 Å². The van der Waals surface area contributed by atoms with Crippen LogP contribution in [0.1, 0.15) is 105 Å². The van der Waals surface area contributed by atoms with Gasteiger partial charge in [0.05, 0.1) is 0 Å². The van der Waals surface area contributed by atoms with Crippen LogP contribution in [-0.4, -0.2) is 23.1 Å². The zero-order chi connectivity index (χ0) is 21.2. The topological polar surface area (TPSA) is 52.6 Å². The standard InChI is InChI=1S/C13H22O2.C11H18O2/c1-4-5-8-13(9-6-7-10-13)15-12(14)11(2)3;1-4-11(7-5-6-8-11)13-10(12)9(2)3/h2,4-10H2,1,3H3;2,4-8H2,1,3H3. The third-order valence-electron chi connectivity index (χ3n) is 5.98. The van der Waals surface area contributed by atoms with Crippen LogP contribution in [-0.2, 0) is 19.1 Å². The highest BCUT2D eigenvalue weighted by atomic mass is 16.6. The molecule has 28 heavy (non-hydrogen) atoms. The summed E-state index contributed by atoms with van der Waals surface area (Å²) in [6.45, 7) is 14.9. The van der Waals surface area contributed by atoms with Crippen molar-refractivity contribution in [2.24, 2.45) is 0 Å². The maximum Gasteiger partial charge on any atom is 0.333 e. The van der Waals surface area contributed by atoms with Crippen LogP contribution in [0.5, 0.6) is 0 Å². The minimum Gasteiger partial charge on any atom is -0.456 e. The molecule has 0 radical (unpaired) electrons. The Hall–Kier alpha value is -1.58. The molecule has 4 heteroatoms. The van der Waals surface area contributed by atoms with Crippen molar-refractivity contribution < 1.29 is 19.1 Å². The highest BCUT2D eigenvalue weighted by Crippen LogP contribution is 2.38. The first kappa shape index (κ1) is 24.5. The summed E-state index contributed by atoms with van der Waals surface area (Å²) in [5.74, 6) is -0.447. The molecular weight excluding hydrogens is 352 g/mol. The van der Waals surface area contributed by atoms with Crippen molar-refractivity contribution in [3.05, 3.63) is 24.3 Å². The Morgan fingerprint density at radius 1 is 0.786 bits per heavy atom. The molecule has 0 bridgehead atoms. The molecule has 0 atom stereocenters. The van der Waals surface area contributed by atoms with E-state index in [0.717, 1.165) is 51.4 Å². The van der Waals surface area contributed by atoms with Gasteiger partial charge < -0.3 is 9.47 Å². The molecule has 2 rings (SSSR count). The molecule has 0 heterocycles. The van der Waals surface area contributed by atoms with Gasteiger partial charge in [-0.15, -0.1) is 0 Å². The second-order valence-corrected chi connectivity index (χ2v) is 8.58. The van der Waals surface area contributed by atoms with Crippen molar-refractivity contribution in [3.63, 3.8) is 0 Å². The smallest absolute Gasteiger partial charge is 0.333 e. The Bertz CT molecular complexity index is 549. The van der Waals surface area contributed by atoms with Crippen molar-refractivity contribution in [2.45, 2.75) is 116 Å². The highest BCUT2D eigenvalue weighted by molar-refractivity contribution is 5.87. The third-order valence-corrected chi connectivity index (χ3v) is 5.98. The molecule has 0 aromatic rings. The first-order chi connectivity index (χ1) is 13.2. The lowest BCUT2D eigenvalue weighted by molar-refractivity contribution is -0.155. The lowest BCUT2D eigenvalue weighted by atomic mass is 9.94. The minimum atomic E-state index is -0.233. The predicted molar refractivity (Wildman–Crippen MR) is 114 cm³/mol. The summed E-state index contributed by atoms with van der Waals surface area (Å²) in [7, 11) is 0. The zero-order valence-corrected chi connectivity index (χ0v) is 18.5. The Morgan fingerprint density at radius 3 is 1.54 bits per heavy atom. The van der Waals surface area contributed by atoms with E-state index >= 15 is 0 Å². The van der Waals surface area contributed by atoms with Crippen LogP contribution >= 0.6 is 0 Å². The fourth-order valence-electron chi connectivity index (χ4n) is 4.04. The molecule has 4 nitrogen and oxygen atoms in total. The maximum absolute atomic E-state index is 11.5. The molecule has 0 amide bonds. The molecule has 2 aliphatic carbocycles. The van der Waals surface area contributed by atoms with Crippen LogP contribution < -0.4 is 0 Å². The number of unbranched alkanes of at least 4 members (excludes halogenated alkanes) is 1. The SMILES string of the molecule is C=C(C)C(=O)OC1(CC)CCCC1.C=C(C)C(=O)OC1(CCCC)CCCC1. The molecule has 0 unspecified atom stereocenters. The summed E-state index contributed by atoms with van der Waals surface area (Å²) < 4.78 is 11.1. The highest BCUT2D eigenvalue weighted by Gasteiger charge is 2.37. The Morgan fingerprint density at radius 2 is 1.18 bits per heavy atom. The van der Waals surface area contributed by atoms with Crippen molar-refractivity contribution in [3.8, 4) is 0 Å². The fraction of sp³-hybridized carbons (Fsp3) is 0.750. The van der Waals surface area contributed by atoms with Crippen molar-refractivity contribution in [1.82, 2.24) is 0 Å². The predicted octanol–water partition coefficient (Wildman–Crippen LogP) is 6.44. The van der Waals surface area contributed by atoms with Gasteiger partial charge in [-0.25, -0.2) is 9.59 Å². The second kappa shape index (κ2) is 11.4. The number of rotatable bonds is 8. The van der Waals surface area contributed by atoms with Gasteiger partial charge >= 0.3 is 11.9 Å². The van der Waals surface area contributed by atoms with Gasteiger partial charge in [0.25, 0.3) is 0 Å². The average Bonchev–Trinajstić information content (AvgIpc) is 3.31. The number of hydrogen-bond donors (Lipinski definition) is 0. The van der Waals surface area contributed by atoms with E-state index in [9.17, 15) is 9.59 Å². The van der Waals surface area contributed by atoms with E-state index in [4.69, 9.17) is 9.47 Å². The summed E-state index contributed by atoms with van der Waals surface area (Å²) in [5, 5.41) is 0. The van der Waals surface area contributed by atoms with Gasteiger partial charge in [-0.3, -0.25) is 0 Å². The van der Waals surface area contributed by atoms with E-state index in [2.05, 4.69) is 27.0 Å². The van der Waals surface area contributed by atoms with E-state index in [0.29, 0.717) is 11.1 Å². The Kier molecular flexibility index (Phi) is 9.98. The lowest BCUT2D eigenvalue weighted by Gasteiger charge is -2.29. The van der Waals surface area contributed by atoms with Crippen LogP contribution in [0, 0.1) is 0 Å². The quantitative estimate of drug-likeness (QED) is 0.352. The Balaban J connectivity index is 0.000000283. The molecule has 0 saturated heterocycles. The minimum absolute atomic E-state index is 0.161. The summed E-state index contributed by atoms with van der Waals surface area (Å²) in [4.78, 5) is 22.9. The third kappa shape index (κ3) is 7.44. The second-order valence-electron chi connectivity index (χ2n) is 8.58. The molecule has 0 aliphatic heterocycles. The van der Waals surface area contributed by atoms with Crippen LogP contribution in [0.4, 0.5) is 0 Å². The molecule has 160 valence electrons. The van der Waals surface area contributed by atoms with Gasteiger partial charge in [-0.05, 0) is 84.5 Å². The van der Waals surface area contributed by atoms with Crippen molar-refractivity contribution in [2.75, 3.05) is 0 Å². The van der Waals surface area contributed by atoms with E-state index in [-0.39, 0.29) is 23.1 Å². The summed E-state index contributed by atoms with van der Waals surface area (Å²) >= 11 is 0.